The first-order valence-electron chi connectivity index (χ1n) is 15.6. The summed E-state index contributed by atoms with van der Waals surface area (Å²) in [7, 11) is 1.00. The number of nitrogens with zero attached hydrogens (tertiary/aromatic N) is 4. The van der Waals surface area contributed by atoms with Gasteiger partial charge < -0.3 is 19.7 Å². The highest BCUT2D eigenvalue weighted by Gasteiger charge is 2.98. The molecule has 0 bridgehead atoms. The average Bonchev–Trinajstić information content (AvgIpc) is 3.44. The van der Waals surface area contributed by atoms with Gasteiger partial charge in [0.1, 0.15) is 52.4 Å². The van der Waals surface area contributed by atoms with Crippen molar-refractivity contribution in [3.05, 3.63) is 12.2 Å². The number of hydrogen-bond donors (Lipinski definition) is 2. The first-order chi connectivity index (χ1) is 19.3. The van der Waals surface area contributed by atoms with E-state index in [1.54, 1.807) is 0 Å². The van der Waals surface area contributed by atoms with Gasteiger partial charge in [-0.25, -0.2) is 9.59 Å². The summed E-state index contributed by atoms with van der Waals surface area (Å²) in [6.07, 6.45) is 6.86. The van der Waals surface area contributed by atoms with Crippen molar-refractivity contribution in [2.75, 3.05) is 98.9 Å². The number of carbonyl (C=O) groups is 3. The van der Waals surface area contributed by atoms with Gasteiger partial charge in [-0.3, -0.25) is 4.79 Å². The average molecular weight is 597 g/mol. The standard InChI is InChI=1S/C29H50N4O7Si/c1-30-9-11-31(21-25(34)7-6-17-39-18-19-40-26-8-4-5-20-41(2,3)24-26)13-14-33(23-28(37)38)16-15-32(12-10-30,22-27(35)36)29(30,31)33/h4,8,26H,5-7,9-24H2,1-3H3/q+2/p+2. The topological polar surface area (TPSA) is 110 Å². The van der Waals surface area contributed by atoms with Gasteiger partial charge in [0.05, 0.1) is 34.4 Å². The molecule has 0 saturated carbocycles. The van der Waals surface area contributed by atoms with Gasteiger partial charge in [0.25, 0.3) is 0 Å². The van der Waals surface area contributed by atoms with Crippen molar-refractivity contribution in [3.8, 4) is 0 Å². The van der Waals surface area contributed by atoms with Gasteiger partial charge in [0.15, 0.2) is 25.4 Å². The van der Waals surface area contributed by atoms with Crippen LogP contribution in [0.15, 0.2) is 12.2 Å². The van der Waals surface area contributed by atoms with Crippen LogP contribution in [-0.4, -0.2) is 165 Å². The maximum absolute atomic E-state index is 13.5. The van der Waals surface area contributed by atoms with Crippen LogP contribution in [0.3, 0.4) is 0 Å². The zero-order chi connectivity index (χ0) is 29.6. The van der Waals surface area contributed by atoms with Gasteiger partial charge in [0.2, 0.25) is 0 Å². The Kier molecular flexibility index (Phi) is 8.34. The molecule has 0 radical (unpaired) electrons. The molecule has 0 aromatic heterocycles. The third-order valence-corrected chi connectivity index (χ3v) is 14.5. The van der Waals surface area contributed by atoms with Gasteiger partial charge in [-0.2, -0.15) is 8.97 Å². The molecular formula is C29H52N4O7Si+4. The van der Waals surface area contributed by atoms with E-state index in [0.29, 0.717) is 76.8 Å². The molecule has 0 aromatic rings. The highest BCUT2D eigenvalue weighted by atomic mass is 28.3. The monoisotopic (exact) mass is 596 g/mol. The number of likely N-dealkylation sites (N-methyl/N-ethyl adjacent to an activating group) is 1. The predicted molar refractivity (Wildman–Crippen MR) is 154 cm³/mol. The van der Waals surface area contributed by atoms with Gasteiger partial charge in [0, 0.05) is 13.0 Å². The zero-order valence-electron chi connectivity index (χ0n) is 25.4. The van der Waals surface area contributed by atoms with Crippen LogP contribution >= 0.6 is 0 Å². The lowest BCUT2D eigenvalue weighted by Gasteiger charge is -2.49. The van der Waals surface area contributed by atoms with E-state index in [1.165, 1.54) is 6.04 Å². The second-order valence-electron chi connectivity index (χ2n) is 14.5. The smallest absolute Gasteiger partial charge is 0.477 e. The lowest BCUT2D eigenvalue weighted by atomic mass is 10.1. The molecule has 2 N–H and O–H groups in total. The maximum atomic E-state index is 13.5. The number of Topliss-reactive ketones (excluding diaryl/α,β-unsaturated/α-hetero) is 1. The van der Waals surface area contributed by atoms with E-state index in [2.05, 4.69) is 32.3 Å². The van der Waals surface area contributed by atoms with Crippen LogP contribution in [0.1, 0.15) is 19.3 Å². The Morgan fingerprint density at radius 3 is 2.00 bits per heavy atom. The van der Waals surface area contributed by atoms with E-state index in [1.807, 2.05) is 0 Å². The predicted octanol–water partition coefficient (Wildman–Crippen LogP) is 1.14. The molecular weight excluding hydrogens is 544 g/mol. The van der Waals surface area contributed by atoms with Crippen molar-refractivity contribution in [2.24, 2.45) is 0 Å². The van der Waals surface area contributed by atoms with Crippen LogP contribution < -0.4 is 0 Å². The molecule has 4 saturated heterocycles. The summed E-state index contributed by atoms with van der Waals surface area (Å²) in [5.41, 5.74) is 0. The Labute approximate surface area is 245 Å². The number of hydrogen-bond acceptors (Lipinski definition) is 5. The van der Waals surface area contributed by atoms with Crippen LogP contribution in [0.25, 0.3) is 0 Å². The second-order valence-corrected chi connectivity index (χ2v) is 19.7. The maximum Gasteiger partial charge on any atom is 0.482 e. The molecule has 0 aliphatic carbocycles. The molecule has 1 spiro atoms. The molecule has 11 nitrogen and oxygen atoms in total. The number of aliphatic carboxylic acids is 2. The molecule has 6 unspecified atom stereocenters. The van der Waals surface area contributed by atoms with Crippen molar-refractivity contribution in [3.63, 3.8) is 0 Å². The third-order valence-electron chi connectivity index (χ3n) is 11.3. The minimum atomic E-state index is -1.20. The lowest BCUT2D eigenvalue weighted by molar-refractivity contribution is -1.36. The molecule has 230 valence electrons. The molecule has 12 heteroatoms. The Hall–Kier alpha value is -1.67. The van der Waals surface area contributed by atoms with Crippen molar-refractivity contribution in [1.29, 1.82) is 0 Å². The normalized spacial score (nSPS) is 40.3. The van der Waals surface area contributed by atoms with Crippen LogP contribution in [0, 0.1) is 0 Å². The molecule has 41 heavy (non-hydrogen) atoms. The molecule has 6 atom stereocenters. The van der Waals surface area contributed by atoms with Crippen LogP contribution in [0.5, 0.6) is 0 Å². The molecule has 5 heterocycles. The summed E-state index contributed by atoms with van der Waals surface area (Å²) in [5.74, 6) is -2.14. The summed E-state index contributed by atoms with van der Waals surface area (Å²) in [6, 6.07) is 2.46. The fraction of sp³-hybridized carbons (Fsp3) is 0.828. The number of quaternary nitrogens is 4. The highest BCUT2D eigenvalue weighted by molar-refractivity contribution is 6.77. The number of carboxylic acids is 2. The fourth-order valence-electron chi connectivity index (χ4n) is 10.1. The number of carboxylic acid groups (broad SMARTS) is 2. The van der Waals surface area contributed by atoms with Gasteiger partial charge in [-0.05, 0) is 18.9 Å². The van der Waals surface area contributed by atoms with Crippen molar-refractivity contribution >= 4 is 25.8 Å². The quantitative estimate of drug-likeness (QED) is 0.134. The Balaban J connectivity index is 1.20. The summed E-state index contributed by atoms with van der Waals surface area (Å²) >= 11 is 0. The molecule has 5 aliphatic heterocycles. The number of ketones is 1. The molecule has 4 fully saturated rings. The first kappa shape index (κ1) is 30.8. The number of carbonyl (C=O) groups excluding carboxylic acids is 1. The summed E-state index contributed by atoms with van der Waals surface area (Å²) < 4.78 is 13.9. The minimum Gasteiger partial charge on any atom is -0.477 e. The van der Waals surface area contributed by atoms with E-state index in [0.717, 1.165) is 45.2 Å². The van der Waals surface area contributed by atoms with Gasteiger partial charge >= 0.3 is 17.8 Å². The number of ether oxygens (including phenoxy) is 2. The molecule has 5 aliphatic rings. The lowest BCUT2D eigenvalue weighted by Crippen LogP contribution is -2.85. The van der Waals surface area contributed by atoms with Gasteiger partial charge in [-0.15, -0.1) is 8.97 Å². The van der Waals surface area contributed by atoms with E-state index < -0.39 is 25.9 Å². The van der Waals surface area contributed by atoms with Crippen LogP contribution in [0.2, 0.25) is 25.2 Å². The summed E-state index contributed by atoms with van der Waals surface area (Å²) in [6.45, 7) is 12.7. The van der Waals surface area contributed by atoms with Crippen molar-refractivity contribution in [2.45, 2.75) is 56.5 Å². The second kappa shape index (κ2) is 11.1. The SMILES string of the molecule is C[N+]12CC[N+]3(CC(=O)O)CC[N+]4(CC(=O)O)CC[N+](CC(=O)CCCOCCOC5C=CCC[Si](C)(C)C5)(CC1)C234. The van der Waals surface area contributed by atoms with Crippen molar-refractivity contribution < 1.29 is 52.0 Å². The van der Waals surface area contributed by atoms with Crippen molar-refractivity contribution in [1.82, 2.24) is 0 Å². The summed E-state index contributed by atoms with van der Waals surface area (Å²) in [5, 5.41) is 20.0. The Morgan fingerprint density at radius 2 is 1.41 bits per heavy atom. The van der Waals surface area contributed by atoms with Crippen LogP contribution in [0.4, 0.5) is 0 Å². The van der Waals surface area contributed by atoms with E-state index in [4.69, 9.17) is 9.47 Å². The zero-order valence-corrected chi connectivity index (χ0v) is 26.4. The van der Waals surface area contributed by atoms with E-state index in [-0.39, 0.29) is 25.0 Å². The number of allylic oxidation sites excluding steroid dienone is 1. The third kappa shape index (κ3) is 5.02. The van der Waals surface area contributed by atoms with Gasteiger partial charge in [-0.1, -0.05) is 31.3 Å². The largest absolute Gasteiger partial charge is 0.482 e. The van der Waals surface area contributed by atoms with Crippen LogP contribution in [-0.2, 0) is 23.9 Å². The fourth-order valence-corrected chi connectivity index (χ4v) is 12.6. The first-order valence-corrected chi connectivity index (χ1v) is 19.0. The Bertz CT molecular complexity index is 1060. The molecule has 0 aromatic carbocycles. The molecule has 0 amide bonds. The Morgan fingerprint density at radius 1 is 0.854 bits per heavy atom. The number of rotatable bonds is 14. The highest BCUT2D eigenvalue weighted by Crippen LogP contribution is 2.61. The summed E-state index contributed by atoms with van der Waals surface area (Å²) in [4.78, 5) is 38.0. The molecule has 5 rings (SSSR count). The van der Waals surface area contributed by atoms with E-state index >= 15 is 0 Å². The minimum absolute atomic E-state index is 0.00606. The van der Waals surface area contributed by atoms with E-state index in [9.17, 15) is 24.6 Å².